The quantitative estimate of drug-likeness (QED) is 0.492. The molecule has 0 unspecified atom stereocenters. The second-order valence-electron chi connectivity index (χ2n) is 6.31. The minimum atomic E-state index is -0.716. The molecule has 0 bridgehead atoms. The van der Waals surface area contributed by atoms with Crippen molar-refractivity contribution in [2.75, 3.05) is 7.11 Å². The fourth-order valence-electron chi connectivity index (χ4n) is 2.70. The lowest BCUT2D eigenvalue weighted by atomic mass is 10.1. The monoisotopic (exact) mass is 434 g/mol. The molecule has 0 saturated carbocycles. The Morgan fingerprint density at radius 3 is 2.52 bits per heavy atom. The van der Waals surface area contributed by atoms with E-state index in [0.29, 0.717) is 34.2 Å². The maximum Gasteiger partial charge on any atom is 0.322 e. The van der Waals surface area contributed by atoms with Crippen LogP contribution in [0.4, 0.5) is 0 Å². The van der Waals surface area contributed by atoms with Crippen LogP contribution in [0.5, 0.6) is 17.4 Å². The third-order valence-corrected chi connectivity index (χ3v) is 5.34. The molecule has 0 aliphatic rings. The molecule has 1 aromatic heterocycles. The number of carbonyl (C=O) groups is 1. The number of methoxy groups -OCH3 is 1. The van der Waals surface area contributed by atoms with Gasteiger partial charge in [-0.1, -0.05) is 41.1 Å². The third-order valence-electron chi connectivity index (χ3n) is 4.17. The van der Waals surface area contributed by atoms with Crippen molar-refractivity contribution >= 4 is 28.9 Å². The van der Waals surface area contributed by atoms with Crippen LogP contribution < -0.4 is 15.3 Å². The number of benzene rings is 2. The van der Waals surface area contributed by atoms with Gasteiger partial charge >= 0.3 is 10.8 Å². The lowest BCUT2D eigenvalue weighted by Crippen LogP contribution is -2.33. The Balaban J connectivity index is 1.66. The molecule has 0 aliphatic carbocycles. The van der Waals surface area contributed by atoms with Crippen molar-refractivity contribution in [3.8, 4) is 17.4 Å². The van der Waals surface area contributed by atoms with Crippen LogP contribution in [0.25, 0.3) is 0 Å². The fraction of sp³-hybridized carbons (Fsp3) is 0.200. The molecule has 9 heteroatoms. The van der Waals surface area contributed by atoms with Crippen molar-refractivity contribution in [3.05, 3.63) is 73.2 Å². The number of thiazole rings is 1. The van der Waals surface area contributed by atoms with Crippen LogP contribution in [-0.2, 0) is 22.4 Å². The van der Waals surface area contributed by atoms with E-state index >= 15 is 0 Å². The van der Waals surface area contributed by atoms with Gasteiger partial charge in [-0.15, -0.1) is 0 Å². The maximum absolute atomic E-state index is 11.4. The van der Waals surface area contributed by atoms with Gasteiger partial charge in [-0.05, 0) is 41.8 Å². The van der Waals surface area contributed by atoms with Gasteiger partial charge in [0.1, 0.15) is 17.5 Å². The Morgan fingerprint density at radius 2 is 1.93 bits per heavy atom. The van der Waals surface area contributed by atoms with Crippen LogP contribution in [0.2, 0.25) is 5.02 Å². The summed E-state index contributed by atoms with van der Waals surface area (Å²) in [6, 6.07) is 11.7. The van der Waals surface area contributed by atoms with Gasteiger partial charge in [0.25, 0.3) is 0 Å². The number of H-pyrrole nitrogens is 1. The first-order valence-electron chi connectivity index (χ1n) is 8.65. The number of aromatic hydroxyl groups is 1. The zero-order valence-corrected chi connectivity index (χ0v) is 17.0. The van der Waals surface area contributed by atoms with E-state index in [9.17, 15) is 14.7 Å². The summed E-state index contributed by atoms with van der Waals surface area (Å²) in [5.41, 5.74) is 7.47. The molecule has 7 nitrogen and oxygen atoms in total. The molecule has 29 heavy (non-hydrogen) atoms. The first-order valence-corrected chi connectivity index (χ1v) is 9.84. The highest BCUT2D eigenvalue weighted by atomic mass is 35.5. The van der Waals surface area contributed by atoms with Gasteiger partial charge in [0.2, 0.25) is 5.88 Å². The van der Waals surface area contributed by atoms with Gasteiger partial charge in [0.15, 0.2) is 0 Å². The molecule has 4 N–H and O–H groups in total. The lowest BCUT2D eigenvalue weighted by molar-refractivity contribution is -0.142. The summed E-state index contributed by atoms with van der Waals surface area (Å²) in [6.45, 7) is 0. The zero-order chi connectivity index (χ0) is 21.0. The Bertz CT molecular complexity index is 1060. The SMILES string of the molecule is COC(=O)[C@@H](N)Cc1ccc(Oc2ccc(Cc3sc(=O)[nH]c3O)cc2Cl)cc1. The number of aromatic amines is 1. The first-order chi connectivity index (χ1) is 13.9. The molecule has 3 aromatic rings. The van der Waals surface area contributed by atoms with Gasteiger partial charge in [-0.2, -0.15) is 0 Å². The number of rotatable bonds is 7. The molecular formula is C20H19ClN2O5S. The van der Waals surface area contributed by atoms with E-state index < -0.39 is 12.0 Å². The number of halogens is 1. The molecular weight excluding hydrogens is 416 g/mol. The van der Waals surface area contributed by atoms with Crippen molar-refractivity contribution in [1.82, 2.24) is 4.98 Å². The fourth-order valence-corrected chi connectivity index (χ4v) is 3.70. The molecule has 0 saturated heterocycles. The summed E-state index contributed by atoms with van der Waals surface area (Å²) in [4.78, 5) is 25.3. The smallest absolute Gasteiger partial charge is 0.322 e. The van der Waals surface area contributed by atoms with E-state index in [0.717, 1.165) is 22.5 Å². The molecule has 0 amide bonds. The number of aromatic nitrogens is 1. The first kappa shape index (κ1) is 20.9. The van der Waals surface area contributed by atoms with Gasteiger partial charge in [-0.25, -0.2) is 0 Å². The van der Waals surface area contributed by atoms with Crippen LogP contribution in [0, 0.1) is 0 Å². The summed E-state index contributed by atoms with van der Waals surface area (Å²) < 4.78 is 10.4. The molecule has 2 aromatic carbocycles. The maximum atomic E-state index is 11.4. The Hall–Kier alpha value is -2.81. The van der Waals surface area contributed by atoms with Crippen LogP contribution in [0.3, 0.4) is 0 Å². The summed E-state index contributed by atoms with van der Waals surface area (Å²) >= 11 is 7.28. The normalized spacial score (nSPS) is 11.8. The van der Waals surface area contributed by atoms with E-state index in [1.165, 1.54) is 7.11 Å². The van der Waals surface area contributed by atoms with Crippen molar-refractivity contribution in [2.24, 2.45) is 5.73 Å². The molecule has 152 valence electrons. The second-order valence-corrected chi connectivity index (χ2v) is 7.78. The molecule has 1 heterocycles. The predicted molar refractivity (Wildman–Crippen MR) is 111 cm³/mol. The highest BCUT2D eigenvalue weighted by Crippen LogP contribution is 2.32. The Morgan fingerprint density at radius 1 is 1.24 bits per heavy atom. The van der Waals surface area contributed by atoms with Gasteiger partial charge in [-0.3, -0.25) is 14.6 Å². The molecule has 0 fully saturated rings. The number of nitrogens with two attached hydrogens (primary N) is 1. The number of hydrogen-bond donors (Lipinski definition) is 3. The van der Waals surface area contributed by atoms with Crippen molar-refractivity contribution < 1.29 is 19.4 Å². The summed E-state index contributed by atoms with van der Waals surface area (Å²) in [5.74, 6) is 0.471. The van der Waals surface area contributed by atoms with Gasteiger partial charge in [0.05, 0.1) is 17.0 Å². The second kappa shape index (κ2) is 9.13. The highest BCUT2D eigenvalue weighted by Gasteiger charge is 2.14. The number of carbonyl (C=O) groups excluding carboxylic acids is 1. The standard InChI is InChI=1S/C20H19ClN2O5S/c1-27-19(25)15(22)9-11-2-5-13(6-3-11)28-16-7-4-12(8-14(16)21)10-17-18(24)23-20(26)29-17/h2-8,15,24H,9-10,22H2,1H3,(H,23,26)/t15-/m0/s1. The van der Waals surface area contributed by atoms with Crippen LogP contribution in [0.15, 0.2) is 47.3 Å². The van der Waals surface area contributed by atoms with Gasteiger partial charge < -0.3 is 20.3 Å². The van der Waals surface area contributed by atoms with Crippen LogP contribution >= 0.6 is 22.9 Å². The number of ether oxygens (including phenoxy) is 2. The summed E-state index contributed by atoms with van der Waals surface area (Å²) in [5, 5.41) is 10.1. The highest BCUT2D eigenvalue weighted by molar-refractivity contribution is 7.09. The minimum absolute atomic E-state index is 0.122. The average molecular weight is 435 g/mol. The molecule has 1 atom stereocenters. The van der Waals surface area contributed by atoms with E-state index in [2.05, 4.69) is 9.72 Å². The van der Waals surface area contributed by atoms with Crippen LogP contribution in [0.1, 0.15) is 16.0 Å². The molecule has 0 aliphatic heterocycles. The lowest BCUT2D eigenvalue weighted by Gasteiger charge is -2.11. The number of nitrogens with one attached hydrogen (secondary N) is 1. The average Bonchev–Trinajstić information content (AvgIpc) is 3.01. The van der Waals surface area contributed by atoms with Crippen LogP contribution in [-0.4, -0.2) is 29.2 Å². The Labute approximate surface area is 175 Å². The summed E-state index contributed by atoms with van der Waals surface area (Å²) in [6.07, 6.45) is 0.741. The van der Waals surface area contributed by atoms with Crippen molar-refractivity contribution in [1.29, 1.82) is 0 Å². The number of hydrogen-bond acceptors (Lipinski definition) is 7. The predicted octanol–water partition coefficient (Wildman–Crippen LogP) is 3.22. The van der Waals surface area contributed by atoms with Crippen molar-refractivity contribution in [3.63, 3.8) is 0 Å². The Kier molecular flexibility index (Phi) is 6.58. The van der Waals surface area contributed by atoms with E-state index in [-0.39, 0.29) is 10.8 Å². The van der Waals surface area contributed by atoms with E-state index in [1.807, 2.05) is 18.2 Å². The molecule has 0 radical (unpaired) electrons. The molecule has 0 spiro atoms. The molecule has 3 rings (SSSR count). The number of esters is 1. The van der Waals surface area contributed by atoms with Crippen molar-refractivity contribution in [2.45, 2.75) is 18.9 Å². The topological polar surface area (TPSA) is 115 Å². The van der Waals surface area contributed by atoms with E-state index in [4.69, 9.17) is 22.1 Å². The summed E-state index contributed by atoms with van der Waals surface area (Å²) in [7, 11) is 1.30. The largest absolute Gasteiger partial charge is 0.494 e. The van der Waals surface area contributed by atoms with Gasteiger partial charge in [0, 0.05) is 6.42 Å². The minimum Gasteiger partial charge on any atom is -0.494 e. The van der Waals surface area contributed by atoms with E-state index in [1.54, 1.807) is 24.3 Å². The third kappa shape index (κ3) is 5.38. The zero-order valence-electron chi connectivity index (χ0n) is 15.5.